The second kappa shape index (κ2) is 5.96. The van der Waals surface area contributed by atoms with E-state index in [0.717, 1.165) is 11.3 Å². The SMILES string of the molecule is O=C(Nc1ccccc1)c1cnc(-c2ccccc2)nc1. The standard InChI is InChI=1S/C17H13N3O/c21-17(20-15-9-5-2-6-10-15)14-11-18-16(19-12-14)13-7-3-1-4-8-13/h1-12H,(H,20,21). The van der Waals surface area contributed by atoms with Crippen molar-refractivity contribution in [2.45, 2.75) is 0 Å². The summed E-state index contributed by atoms with van der Waals surface area (Å²) in [5, 5.41) is 2.80. The first-order chi connectivity index (χ1) is 10.3. The van der Waals surface area contributed by atoms with Crippen molar-refractivity contribution < 1.29 is 4.79 Å². The van der Waals surface area contributed by atoms with Gasteiger partial charge in [-0.15, -0.1) is 0 Å². The van der Waals surface area contributed by atoms with E-state index in [4.69, 9.17) is 0 Å². The number of hydrogen-bond donors (Lipinski definition) is 1. The van der Waals surface area contributed by atoms with E-state index < -0.39 is 0 Å². The monoisotopic (exact) mass is 275 g/mol. The molecule has 1 amide bonds. The van der Waals surface area contributed by atoms with Crippen molar-refractivity contribution in [2.75, 3.05) is 5.32 Å². The number of rotatable bonds is 3. The van der Waals surface area contributed by atoms with Crippen LogP contribution < -0.4 is 5.32 Å². The van der Waals surface area contributed by atoms with Gasteiger partial charge in [0.15, 0.2) is 5.82 Å². The number of nitrogens with one attached hydrogen (secondary N) is 1. The Kier molecular flexibility index (Phi) is 3.69. The molecule has 1 N–H and O–H groups in total. The average Bonchev–Trinajstić information content (AvgIpc) is 2.57. The van der Waals surface area contributed by atoms with Crippen molar-refractivity contribution in [2.24, 2.45) is 0 Å². The first kappa shape index (κ1) is 13.0. The lowest BCUT2D eigenvalue weighted by Crippen LogP contribution is -2.12. The Morgan fingerprint density at radius 2 is 1.38 bits per heavy atom. The summed E-state index contributed by atoms with van der Waals surface area (Å²) >= 11 is 0. The molecule has 2 aromatic carbocycles. The first-order valence-corrected chi connectivity index (χ1v) is 6.57. The zero-order chi connectivity index (χ0) is 14.5. The van der Waals surface area contributed by atoms with E-state index in [1.165, 1.54) is 12.4 Å². The van der Waals surface area contributed by atoms with E-state index in [1.807, 2.05) is 60.7 Å². The van der Waals surface area contributed by atoms with E-state index >= 15 is 0 Å². The third-order valence-corrected chi connectivity index (χ3v) is 2.98. The zero-order valence-electron chi connectivity index (χ0n) is 11.2. The van der Waals surface area contributed by atoms with E-state index in [0.29, 0.717) is 11.4 Å². The van der Waals surface area contributed by atoms with Gasteiger partial charge in [0, 0.05) is 23.6 Å². The molecule has 0 aliphatic heterocycles. The van der Waals surface area contributed by atoms with Crippen LogP contribution in [0.1, 0.15) is 10.4 Å². The smallest absolute Gasteiger partial charge is 0.258 e. The Hall–Kier alpha value is -3.01. The second-order valence-corrected chi connectivity index (χ2v) is 4.48. The topological polar surface area (TPSA) is 54.9 Å². The van der Waals surface area contributed by atoms with Crippen LogP contribution >= 0.6 is 0 Å². The van der Waals surface area contributed by atoms with Gasteiger partial charge >= 0.3 is 0 Å². The fourth-order valence-electron chi connectivity index (χ4n) is 1.91. The minimum atomic E-state index is -0.221. The molecule has 102 valence electrons. The molecule has 0 fully saturated rings. The highest BCUT2D eigenvalue weighted by Crippen LogP contribution is 2.14. The van der Waals surface area contributed by atoms with Crippen molar-refractivity contribution >= 4 is 11.6 Å². The summed E-state index contributed by atoms with van der Waals surface area (Å²) < 4.78 is 0. The van der Waals surface area contributed by atoms with Crippen LogP contribution in [0.5, 0.6) is 0 Å². The summed E-state index contributed by atoms with van der Waals surface area (Å²) in [5.41, 5.74) is 2.10. The molecule has 3 aromatic rings. The molecule has 1 aromatic heterocycles. The Morgan fingerprint density at radius 1 is 0.810 bits per heavy atom. The number of hydrogen-bond acceptors (Lipinski definition) is 3. The quantitative estimate of drug-likeness (QED) is 0.797. The largest absolute Gasteiger partial charge is 0.322 e. The minimum absolute atomic E-state index is 0.221. The third kappa shape index (κ3) is 3.12. The van der Waals surface area contributed by atoms with Crippen LogP contribution in [0.2, 0.25) is 0 Å². The second-order valence-electron chi connectivity index (χ2n) is 4.48. The number of anilines is 1. The molecule has 0 spiro atoms. The number of carbonyl (C=O) groups excluding carboxylic acids is 1. The van der Waals surface area contributed by atoms with E-state index in [9.17, 15) is 4.79 Å². The molecule has 0 bridgehead atoms. The number of benzene rings is 2. The van der Waals surface area contributed by atoms with Gasteiger partial charge in [-0.05, 0) is 12.1 Å². The summed E-state index contributed by atoms with van der Waals surface area (Å²) in [6.07, 6.45) is 3.07. The van der Waals surface area contributed by atoms with Gasteiger partial charge in [0.05, 0.1) is 5.56 Å². The molecule has 1 heterocycles. The predicted octanol–water partition coefficient (Wildman–Crippen LogP) is 3.40. The third-order valence-electron chi connectivity index (χ3n) is 2.98. The molecule has 0 atom stereocenters. The number of aromatic nitrogens is 2. The first-order valence-electron chi connectivity index (χ1n) is 6.57. The number of para-hydroxylation sites is 1. The summed E-state index contributed by atoms with van der Waals surface area (Å²) in [6.45, 7) is 0. The van der Waals surface area contributed by atoms with Crippen molar-refractivity contribution in [1.82, 2.24) is 9.97 Å². The summed E-state index contributed by atoms with van der Waals surface area (Å²) in [4.78, 5) is 20.6. The molecule has 0 saturated carbocycles. The number of carbonyl (C=O) groups is 1. The van der Waals surface area contributed by atoms with Crippen LogP contribution in [0.4, 0.5) is 5.69 Å². The maximum Gasteiger partial charge on any atom is 0.258 e. The molecule has 3 rings (SSSR count). The van der Waals surface area contributed by atoms with Gasteiger partial charge in [0.1, 0.15) is 0 Å². The molecule has 0 unspecified atom stereocenters. The van der Waals surface area contributed by atoms with E-state index in [2.05, 4.69) is 15.3 Å². The van der Waals surface area contributed by atoms with Crippen molar-refractivity contribution in [1.29, 1.82) is 0 Å². The van der Waals surface area contributed by atoms with Crippen LogP contribution in [0.25, 0.3) is 11.4 Å². The van der Waals surface area contributed by atoms with Crippen LogP contribution in [-0.4, -0.2) is 15.9 Å². The maximum atomic E-state index is 12.1. The Labute approximate surface area is 122 Å². The van der Waals surface area contributed by atoms with Crippen molar-refractivity contribution in [3.8, 4) is 11.4 Å². The van der Waals surface area contributed by atoms with Gasteiger partial charge in [-0.25, -0.2) is 9.97 Å². The minimum Gasteiger partial charge on any atom is -0.322 e. The molecule has 0 radical (unpaired) electrons. The lowest BCUT2D eigenvalue weighted by molar-refractivity contribution is 0.102. The molecule has 0 aliphatic rings. The van der Waals surface area contributed by atoms with Gasteiger partial charge in [-0.3, -0.25) is 4.79 Å². The van der Waals surface area contributed by atoms with Crippen LogP contribution in [-0.2, 0) is 0 Å². The molecular weight excluding hydrogens is 262 g/mol. The molecule has 0 aliphatic carbocycles. The fourth-order valence-corrected chi connectivity index (χ4v) is 1.91. The zero-order valence-corrected chi connectivity index (χ0v) is 11.2. The lowest BCUT2D eigenvalue weighted by atomic mass is 10.2. The lowest BCUT2D eigenvalue weighted by Gasteiger charge is -2.05. The van der Waals surface area contributed by atoms with Gasteiger partial charge in [-0.1, -0.05) is 48.5 Å². The van der Waals surface area contributed by atoms with Crippen LogP contribution in [0, 0.1) is 0 Å². The van der Waals surface area contributed by atoms with Gasteiger partial charge in [0.2, 0.25) is 0 Å². The van der Waals surface area contributed by atoms with E-state index in [1.54, 1.807) is 0 Å². The van der Waals surface area contributed by atoms with Gasteiger partial charge in [-0.2, -0.15) is 0 Å². The Bertz CT molecular complexity index is 725. The molecule has 4 nitrogen and oxygen atoms in total. The molecule has 0 saturated heterocycles. The predicted molar refractivity (Wildman–Crippen MR) is 81.9 cm³/mol. The van der Waals surface area contributed by atoms with Gasteiger partial charge in [0.25, 0.3) is 5.91 Å². The van der Waals surface area contributed by atoms with Gasteiger partial charge < -0.3 is 5.32 Å². The highest BCUT2D eigenvalue weighted by Gasteiger charge is 2.08. The molecular formula is C17H13N3O. The Morgan fingerprint density at radius 3 is 2.00 bits per heavy atom. The van der Waals surface area contributed by atoms with Crippen molar-refractivity contribution in [3.63, 3.8) is 0 Å². The van der Waals surface area contributed by atoms with Crippen LogP contribution in [0.3, 0.4) is 0 Å². The normalized spacial score (nSPS) is 10.1. The Balaban J connectivity index is 1.77. The average molecular weight is 275 g/mol. The maximum absolute atomic E-state index is 12.1. The van der Waals surface area contributed by atoms with Crippen molar-refractivity contribution in [3.05, 3.63) is 78.6 Å². The highest BCUT2D eigenvalue weighted by atomic mass is 16.1. The van der Waals surface area contributed by atoms with E-state index in [-0.39, 0.29) is 5.91 Å². The summed E-state index contributed by atoms with van der Waals surface area (Å²) in [5.74, 6) is 0.382. The highest BCUT2D eigenvalue weighted by molar-refractivity contribution is 6.03. The number of amides is 1. The summed E-state index contributed by atoms with van der Waals surface area (Å²) in [6, 6.07) is 18.9. The number of nitrogens with zero attached hydrogens (tertiary/aromatic N) is 2. The molecule has 4 heteroatoms. The fraction of sp³-hybridized carbons (Fsp3) is 0. The summed E-state index contributed by atoms with van der Waals surface area (Å²) in [7, 11) is 0. The van der Waals surface area contributed by atoms with Crippen LogP contribution in [0.15, 0.2) is 73.1 Å². The molecule has 21 heavy (non-hydrogen) atoms.